The second kappa shape index (κ2) is 6.82. The van der Waals surface area contributed by atoms with E-state index >= 15 is 0 Å². The van der Waals surface area contributed by atoms with Gasteiger partial charge in [0.15, 0.2) is 0 Å². The van der Waals surface area contributed by atoms with Crippen LogP contribution in [0.15, 0.2) is 36.4 Å². The van der Waals surface area contributed by atoms with Crippen LogP contribution in [0.3, 0.4) is 0 Å². The molecule has 0 radical (unpaired) electrons. The molecule has 0 unspecified atom stereocenters. The van der Waals surface area contributed by atoms with Crippen LogP contribution in [0.1, 0.15) is 44.2 Å². The minimum absolute atomic E-state index is 0.208. The van der Waals surface area contributed by atoms with E-state index in [0.717, 1.165) is 43.1 Å². The van der Waals surface area contributed by atoms with Gasteiger partial charge in [0.2, 0.25) is 0 Å². The Hall–Kier alpha value is -2.36. The highest BCUT2D eigenvalue weighted by Gasteiger charge is 2.10. The van der Waals surface area contributed by atoms with Gasteiger partial charge < -0.3 is 5.11 Å². The first-order chi connectivity index (χ1) is 11.2. The fraction of sp³-hybridized carbons (Fsp3) is 0.368. The van der Waals surface area contributed by atoms with Crippen LogP contribution in [-0.2, 0) is 12.8 Å². The SMILES string of the molecule is CCCCc1ccc(O)c(-n2nc3ccc(CCC)cc3n2)c1. The average Bonchev–Trinajstić information content (AvgIpc) is 2.97. The van der Waals surface area contributed by atoms with Gasteiger partial charge in [-0.15, -0.1) is 15.0 Å². The van der Waals surface area contributed by atoms with Gasteiger partial charge in [-0.05, 0) is 54.7 Å². The molecule has 120 valence electrons. The summed E-state index contributed by atoms with van der Waals surface area (Å²) in [6, 6.07) is 11.9. The van der Waals surface area contributed by atoms with Crippen LogP contribution < -0.4 is 0 Å². The van der Waals surface area contributed by atoms with Crippen LogP contribution >= 0.6 is 0 Å². The molecule has 0 saturated carbocycles. The number of aromatic nitrogens is 3. The standard InChI is InChI=1S/C19H23N3O/c1-3-5-7-15-9-11-19(23)18(13-15)22-20-16-10-8-14(6-4-2)12-17(16)21-22/h8-13,23H,3-7H2,1-2H3. The number of hydrogen-bond acceptors (Lipinski definition) is 3. The molecule has 1 N–H and O–H groups in total. The van der Waals surface area contributed by atoms with Gasteiger partial charge in [-0.1, -0.05) is 38.8 Å². The Morgan fingerprint density at radius 2 is 1.61 bits per heavy atom. The van der Waals surface area contributed by atoms with E-state index in [9.17, 15) is 5.11 Å². The highest BCUT2D eigenvalue weighted by atomic mass is 16.3. The van der Waals surface area contributed by atoms with Crippen LogP contribution in [0.25, 0.3) is 16.7 Å². The average molecular weight is 309 g/mol. The third kappa shape index (κ3) is 3.36. The highest BCUT2D eigenvalue weighted by Crippen LogP contribution is 2.24. The number of hydrogen-bond donors (Lipinski definition) is 1. The van der Waals surface area contributed by atoms with Gasteiger partial charge in [0.25, 0.3) is 0 Å². The lowest BCUT2D eigenvalue weighted by Gasteiger charge is -2.06. The fourth-order valence-corrected chi connectivity index (χ4v) is 2.78. The molecule has 0 saturated heterocycles. The fourth-order valence-electron chi connectivity index (χ4n) is 2.78. The summed E-state index contributed by atoms with van der Waals surface area (Å²) < 4.78 is 0. The molecule has 4 nitrogen and oxygen atoms in total. The van der Waals surface area contributed by atoms with E-state index in [1.165, 1.54) is 11.1 Å². The molecule has 0 aliphatic heterocycles. The molecule has 0 bridgehead atoms. The lowest BCUT2D eigenvalue weighted by atomic mass is 10.1. The van der Waals surface area contributed by atoms with Crippen LogP contribution in [0.5, 0.6) is 5.75 Å². The molecule has 0 atom stereocenters. The first-order valence-electron chi connectivity index (χ1n) is 8.39. The number of benzene rings is 2. The van der Waals surface area contributed by atoms with E-state index < -0.39 is 0 Å². The van der Waals surface area contributed by atoms with Crippen molar-refractivity contribution in [3.63, 3.8) is 0 Å². The molecule has 3 rings (SSSR count). The van der Waals surface area contributed by atoms with E-state index in [2.05, 4.69) is 36.2 Å². The van der Waals surface area contributed by atoms with Crippen molar-refractivity contribution in [1.82, 2.24) is 15.0 Å². The molecule has 1 aromatic heterocycles. The van der Waals surface area contributed by atoms with Crippen molar-refractivity contribution >= 4 is 11.0 Å². The van der Waals surface area contributed by atoms with Crippen LogP contribution in [0, 0.1) is 0 Å². The van der Waals surface area contributed by atoms with Gasteiger partial charge >= 0.3 is 0 Å². The molecule has 0 amide bonds. The van der Waals surface area contributed by atoms with E-state index in [1.54, 1.807) is 10.9 Å². The second-order valence-corrected chi connectivity index (χ2v) is 5.99. The highest BCUT2D eigenvalue weighted by molar-refractivity contribution is 5.75. The number of unbranched alkanes of at least 4 members (excludes halogenated alkanes) is 1. The summed E-state index contributed by atoms with van der Waals surface area (Å²) in [6.45, 7) is 4.35. The molecular formula is C19H23N3O. The van der Waals surface area contributed by atoms with Gasteiger partial charge in [0.05, 0.1) is 0 Å². The van der Waals surface area contributed by atoms with Crippen molar-refractivity contribution in [3.05, 3.63) is 47.5 Å². The molecule has 0 fully saturated rings. The number of phenols is 1. The lowest BCUT2D eigenvalue weighted by Crippen LogP contribution is -2.00. The number of nitrogens with zero attached hydrogens (tertiary/aromatic N) is 3. The zero-order valence-electron chi connectivity index (χ0n) is 13.8. The minimum Gasteiger partial charge on any atom is -0.506 e. The lowest BCUT2D eigenvalue weighted by molar-refractivity contribution is 0.467. The number of fused-ring (bicyclic) bond motifs is 1. The van der Waals surface area contributed by atoms with Gasteiger partial charge in [-0.2, -0.15) is 0 Å². The van der Waals surface area contributed by atoms with Gasteiger partial charge in [-0.25, -0.2) is 0 Å². The molecule has 1 heterocycles. The van der Waals surface area contributed by atoms with E-state index in [-0.39, 0.29) is 5.75 Å². The largest absolute Gasteiger partial charge is 0.506 e. The van der Waals surface area contributed by atoms with Gasteiger partial charge in [-0.3, -0.25) is 0 Å². The van der Waals surface area contributed by atoms with E-state index in [0.29, 0.717) is 5.69 Å². The predicted octanol–water partition coefficient (Wildman–Crippen LogP) is 4.42. The number of aromatic hydroxyl groups is 1. The third-order valence-electron chi connectivity index (χ3n) is 4.06. The normalized spacial score (nSPS) is 11.2. The summed E-state index contributed by atoms with van der Waals surface area (Å²) in [6.07, 6.45) is 5.45. The van der Waals surface area contributed by atoms with E-state index in [4.69, 9.17) is 0 Å². The molecule has 23 heavy (non-hydrogen) atoms. The Labute approximate surface area is 136 Å². The second-order valence-electron chi connectivity index (χ2n) is 5.99. The van der Waals surface area contributed by atoms with Crippen molar-refractivity contribution in [3.8, 4) is 11.4 Å². The smallest absolute Gasteiger partial charge is 0.143 e. The molecule has 0 aliphatic carbocycles. The van der Waals surface area contributed by atoms with Gasteiger partial charge in [0.1, 0.15) is 22.5 Å². The summed E-state index contributed by atoms with van der Waals surface area (Å²) in [5.74, 6) is 0.208. The van der Waals surface area contributed by atoms with E-state index in [1.807, 2.05) is 18.2 Å². The minimum atomic E-state index is 0.208. The predicted molar refractivity (Wildman–Crippen MR) is 93.1 cm³/mol. The maximum absolute atomic E-state index is 10.2. The zero-order valence-corrected chi connectivity index (χ0v) is 13.8. The monoisotopic (exact) mass is 309 g/mol. The summed E-state index contributed by atoms with van der Waals surface area (Å²) in [5, 5.41) is 19.2. The summed E-state index contributed by atoms with van der Waals surface area (Å²) in [5.41, 5.74) is 4.84. The molecule has 2 aromatic carbocycles. The van der Waals surface area contributed by atoms with Gasteiger partial charge in [0, 0.05) is 0 Å². The first kappa shape index (κ1) is 15.5. The third-order valence-corrected chi connectivity index (χ3v) is 4.06. The molecule has 4 heteroatoms. The zero-order chi connectivity index (χ0) is 16.2. The number of aryl methyl sites for hydroxylation is 2. The van der Waals surface area contributed by atoms with Crippen molar-refractivity contribution in [2.75, 3.05) is 0 Å². The Morgan fingerprint density at radius 1 is 0.870 bits per heavy atom. The van der Waals surface area contributed by atoms with Crippen molar-refractivity contribution in [2.24, 2.45) is 0 Å². The van der Waals surface area contributed by atoms with Crippen molar-refractivity contribution in [1.29, 1.82) is 0 Å². The Bertz CT molecular complexity index is 807. The Kier molecular flexibility index (Phi) is 4.60. The Balaban J connectivity index is 1.98. The number of phenolic OH excluding ortho intramolecular Hbond substituents is 1. The summed E-state index contributed by atoms with van der Waals surface area (Å²) >= 11 is 0. The summed E-state index contributed by atoms with van der Waals surface area (Å²) in [4.78, 5) is 1.55. The van der Waals surface area contributed by atoms with Crippen molar-refractivity contribution in [2.45, 2.75) is 46.0 Å². The van der Waals surface area contributed by atoms with Crippen molar-refractivity contribution < 1.29 is 5.11 Å². The molecule has 3 aromatic rings. The topological polar surface area (TPSA) is 50.9 Å². The maximum Gasteiger partial charge on any atom is 0.143 e. The van der Waals surface area contributed by atoms with Crippen LogP contribution in [0.4, 0.5) is 0 Å². The van der Waals surface area contributed by atoms with Crippen LogP contribution in [0.2, 0.25) is 0 Å². The molecular weight excluding hydrogens is 286 g/mol. The maximum atomic E-state index is 10.2. The molecule has 0 spiro atoms. The summed E-state index contributed by atoms with van der Waals surface area (Å²) in [7, 11) is 0. The Morgan fingerprint density at radius 3 is 2.39 bits per heavy atom. The van der Waals surface area contributed by atoms with Crippen LogP contribution in [-0.4, -0.2) is 20.1 Å². The first-order valence-corrected chi connectivity index (χ1v) is 8.39. The molecule has 0 aliphatic rings. The number of rotatable bonds is 6. The quantitative estimate of drug-likeness (QED) is 0.733.